The Morgan fingerprint density at radius 2 is 1.85 bits per heavy atom. The number of nitrogens with zero attached hydrogens (tertiary/aromatic N) is 2. The SMILES string of the molecule is CCCNCCCc1nnc(-c2cc(F)cc(F)c2)o1. The van der Waals surface area contributed by atoms with Gasteiger partial charge in [-0.3, -0.25) is 0 Å². The maximum Gasteiger partial charge on any atom is 0.247 e. The van der Waals surface area contributed by atoms with E-state index in [0.717, 1.165) is 32.0 Å². The predicted octanol–water partition coefficient (Wildman–Crippen LogP) is 2.95. The molecule has 20 heavy (non-hydrogen) atoms. The molecule has 0 bridgehead atoms. The molecule has 0 spiro atoms. The second kappa shape index (κ2) is 7.09. The number of halogens is 2. The number of rotatable bonds is 7. The van der Waals surface area contributed by atoms with Gasteiger partial charge in [-0.05, 0) is 38.1 Å². The highest BCUT2D eigenvalue weighted by Crippen LogP contribution is 2.20. The van der Waals surface area contributed by atoms with E-state index in [-0.39, 0.29) is 11.5 Å². The zero-order valence-corrected chi connectivity index (χ0v) is 11.3. The Morgan fingerprint density at radius 1 is 1.10 bits per heavy atom. The van der Waals surface area contributed by atoms with Gasteiger partial charge in [0.2, 0.25) is 11.8 Å². The van der Waals surface area contributed by atoms with Crippen molar-refractivity contribution in [2.75, 3.05) is 13.1 Å². The Labute approximate surface area is 116 Å². The predicted molar refractivity (Wildman–Crippen MR) is 71.1 cm³/mol. The smallest absolute Gasteiger partial charge is 0.247 e. The first kappa shape index (κ1) is 14.6. The van der Waals surface area contributed by atoms with Gasteiger partial charge in [0, 0.05) is 18.1 Å². The Hall–Kier alpha value is -1.82. The lowest BCUT2D eigenvalue weighted by Gasteiger charge is -2.00. The summed E-state index contributed by atoms with van der Waals surface area (Å²) in [4.78, 5) is 0. The molecule has 4 nitrogen and oxygen atoms in total. The molecule has 1 heterocycles. The van der Waals surface area contributed by atoms with E-state index in [1.165, 1.54) is 12.1 Å². The van der Waals surface area contributed by atoms with E-state index in [0.29, 0.717) is 12.3 Å². The molecule has 0 aliphatic rings. The summed E-state index contributed by atoms with van der Waals surface area (Å²) in [5.74, 6) is -0.713. The minimum absolute atomic E-state index is 0.139. The van der Waals surface area contributed by atoms with Crippen molar-refractivity contribution in [3.8, 4) is 11.5 Å². The highest BCUT2D eigenvalue weighted by Gasteiger charge is 2.10. The maximum atomic E-state index is 13.1. The summed E-state index contributed by atoms with van der Waals surface area (Å²) in [5, 5.41) is 11.0. The fraction of sp³-hybridized carbons (Fsp3) is 0.429. The highest BCUT2D eigenvalue weighted by molar-refractivity contribution is 5.52. The summed E-state index contributed by atoms with van der Waals surface area (Å²) < 4.78 is 31.6. The molecule has 1 aromatic heterocycles. The molecule has 0 amide bonds. The van der Waals surface area contributed by atoms with E-state index < -0.39 is 11.6 Å². The monoisotopic (exact) mass is 281 g/mol. The van der Waals surface area contributed by atoms with Gasteiger partial charge in [-0.15, -0.1) is 10.2 Å². The van der Waals surface area contributed by atoms with Crippen molar-refractivity contribution in [2.45, 2.75) is 26.2 Å². The lowest BCUT2D eigenvalue weighted by Crippen LogP contribution is -2.16. The molecular weight excluding hydrogens is 264 g/mol. The quantitative estimate of drug-likeness (QED) is 0.793. The molecule has 1 N–H and O–H groups in total. The number of benzene rings is 1. The van der Waals surface area contributed by atoms with Gasteiger partial charge in [0.25, 0.3) is 0 Å². The second-order valence-corrected chi connectivity index (χ2v) is 4.51. The van der Waals surface area contributed by atoms with Crippen LogP contribution in [0.3, 0.4) is 0 Å². The number of hydrogen-bond donors (Lipinski definition) is 1. The van der Waals surface area contributed by atoms with Crippen molar-refractivity contribution in [3.05, 3.63) is 35.7 Å². The summed E-state index contributed by atoms with van der Waals surface area (Å²) in [5.41, 5.74) is 0.255. The standard InChI is InChI=1S/C14H17F2N3O/c1-2-5-17-6-3-4-13-18-19-14(20-13)10-7-11(15)9-12(16)8-10/h7-9,17H,2-6H2,1H3. The molecule has 2 aromatic rings. The third kappa shape index (κ3) is 4.09. The number of aromatic nitrogens is 2. The molecule has 108 valence electrons. The molecule has 1 aromatic carbocycles. The Kier molecular flexibility index (Phi) is 5.17. The number of aryl methyl sites for hydroxylation is 1. The summed E-state index contributed by atoms with van der Waals surface area (Å²) in [6, 6.07) is 3.15. The van der Waals surface area contributed by atoms with Crippen LogP contribution in [0.4, 0.5) is 8.78 Å². The molecule has 2 rings (SSSR count). The van der Waals surface area contributed by atoms with Crippen molar-refractivity contribution in [3.63, 3.8) is 0 Å². The minimum atomic E-state index is -0.663. The van der Waals surface area contributed by atoms with Crippen LogP contribution < -0.4 is 5.32 Å². The second-order valence-electron chi connectivity index (χ2n) is 4.51. The van der Waals surface area contributed by atoms with Crippen molar-refractivity contribution in [1.82, 2.24) is 15.5 Å². The molecule has 0 aliphatic carbocycles. The van der Waals surface area contributed by atoms with Crippen LogP contribution in [-0.2, 0) is 6.42 Å². The van der Waals surface area contributed by atoms with Gasteiger partial charge in [0.05, 0.1) is 0 Å². The average Bonchev–Trinajstić information content (AvgIpc) is 2.86. The maximum absolute atomic E-state index is 13.1. The van der Waals surface area contributed by atoms with Gasteiger partial charge in [-0.2, -0.15) is 0 Å². The molecular formula is C14H17F2N3O. The number of nitrogens with one attached hydrogen (secondary N) is 1. The van der Waals surface area contributed by atoms with Gasteiger partial charge < -0.3 is 9.73 Å². The largest absolute Gasteiger partial charge is 0.421 e. The summed E-state index contributed by atoms with van der Waals surface area (Å²) in [6.07, 6.45) is 2.61. The molecule has 0 saturated heterocycles. The van der Waals surface area contributed by atoms with Gasteiger partial charge in [-0.25, -0.2) is 8.78 Å². The normalized spacial score (nSPS) is 10.9. The van der Waals surface area contributed by atoms with Crippen LogP contribution in [0.1, 0.15) is 25.7 Å². The van der Waals surface area contributed by atoms with E-state index >= 15 is 0 Å². The van der Waals surface area contributed by atoms with Crippen LogP contribution in [0, 0.1) is 11.6 Å². The molecule has 0 fully saturated rings. The van der Waals surface area contributed by atoms with Crippen molar-refractivity contribution in [2.24, 2.45) is 0 Å². The van der Waals surface area contributed by atoms with Crippen molar-refractivity contribution < 1.29 is 13.2 Å². The third-order valence-corrected chi connectivity index (χ3v) is 2.75. The first-order valence-electron chi connectivity index (χ1n) is 6.68. The van der Waals surface area contributed by atoms with E-state index in [2.05, 4.69) is 22.4 Å². The fourth-order valence-electron chi connectivity index (χ4n) is 1.81. The van der Waals surface area contributed by atoms with Crippen LogP contribution >= 0.6 is 0 Å². The summed E-state index contributed by atoms with van der Waals surface area (Å²) in [6.45, 7) is 3.97. The Balaban J connectivity index is 1.94. The van der Waals surface area contributed by atoms with Crippen LogP contribution in [0.5, 0.6) is 0 Å². The van der Waals surface area contributed by atoms with Crippen LogP contribution in [0.25, 0.3) is 11.5 Å². The lowest BCUT2D eigenvalue weighted by molar-refractivity contribution is 0.490. The van der Waals surface area contributed by atoms with Gasteiger partial charge in [-0.1, -0.05) is 6.92 Å². The highest BCUT2D eigenvalue weighted by atomic mass is 19.1. The van der Waals surface area contributed by atoms with Crippen molar-refractivity contribution in [1.29, 1.82) is 0 Å². The summed E-state index contributed by atoms with van der Waals surface area (Å²) >= 11 is 0. The molecule has 0 unspecified atom stereocenters. The van der Waals surface area contributed by atoms with E-state index in [1.807, 2.05) is 0 Å². The molecule has 0 atom stereocenters. The molecule has 0 radical (unpaired) electrons. The topological polar surface area (TPSA) is 51.0 Å². The molecule has 0 aliphatic heterocycles. The lowest BCUT2D eigenvalue weighted by atomic mass is 10.2. The van der Waals surface area contributed by atoms with E-state index in [4.69, 9.17) is 4.42 Å². The van der Waals surface area contributed by atoms with Gasteiger partial charge in [0.1, 0.15) is 11.6 Å². The van der Waals surface area contributed by atoms with Gasteiger partial charge in [0.15, 0.2) is 0 Å². The van der Waals surface area contributed by atoms with Crippen LogP contribution in [0.15, 0.2) is 22.6 Å². The fourth-order valence-corrected chi connectivity index (χ4v) is 1.81. The van der Waals surface area contributed by atoms with Crippen molar-refractivity contribution >= 4 is 0 Å². The van der Waals surface area contributed by atoms with Crippen LogP contribution in [0.2, 0.25) is 0 Å². The Morgan fingerprint density at radius 3 is 2.55 bits per heavy atom. The van der Waals surface area contributed by atoms with E-state index in [9.17, 15) is 8.78 Å². The third-order valence-electron chi connectivity index (χ3n) is 2.75. The zero-order valence-electron chi connectivity index (χ0n) is 11.3. The zero-order chi connectivity index (χ0) is 14.4. The first-order chi connectivity index (χ1) is 9.69. The van der Waals surface area contributed by atoms with E-state index in [1.54, 1.807) is 0 Å². The first-order valence-corrected chi connectivity index (χ1v) is 6.68. The molecule has 6 heteroatoms. The van der Waals surface area contributed by atoms with Gasteiger partial charge >= 0.3 is 0 Å². The molecule has 0 saturated carbocycles. The van der Waals surface area contributed by atoms with Crippen LogP contribution in [-0.4, -0.2) is 23.3 Å². The minimum Gasteiger partial charge on any atom is -0.421 e. The summed E-state index contributed by atoms with van der Waals surface area (Å²) in [7, 11) is 0. The average molecular weight is 281 g/mol. The Bertz CT molecular complexity index is 537. The number of hydrogen-bond acceptors (Lipinski definition) is 4.